The molecule has 0 saturated heterocycles. The molecule has 2 rings (SSSR count). The first-order valence-corrected chi connectivity index (χ1v) is 13.9. The van der Waals surface area contributed by atoms with E-state index >= 15 is 0 Å². The van der Waals surface area contributed by atoms with Gasteiger partial charge in [-0.1, -0.05) is 66.2 Å². The standard InChI is InChI=1S/C26H40O7Si/c1-10-20-24(27)26(28,25(20)30-9)14-11-15-31-21-12-13-23(29-8)33-22(21)16-32-34(17(2)3,18(4)5)19(6)7/h10,12-13,17-19,21-23,28H,1,15-16H2,2-9H3/t21-,22+,23-,26?/m0/s1. The van der Waals surface area contributed by atoms with Crippen LogP contribution in [0.1, 0.15) is 41.5 Å². The molecule has 1 heterocycles. The fourth-order valence-electron chi connectivity index (χ4n) is 5.17. The normalized spacial score (nSPS) is 27.2. The third-order valence-electron chi connectivity index (χ3n) is 6.74. The summed E-state index contributed by atoms with van der Waals surface area (Å²) >= 11 is 0. The van der Waals surface area contributed by atoms with Crippen LogP contribution in [0.15, 0.2) is 36.1 Å². The fraction of sp³-hybridized carbons (Fsp3) is 0.654. The van der Waals surface area contributed by atoms with Gasteiger partial charge in [-0.05, 0) is 28.6 Å². The Balaban J connectivity index is 2.12. The molecule has 8 heteroatoms. The number of carbonyl (C=O) groups is 1. The van der Waals surface area contributed by atoms with E-state index < -0.39 is 32.1 Å². The number of allylic oxidation sites excluding steroid dienone is 1. The van der Waals surface area contributed by atoms with Crippen LogP contribution in [-0.2, 0) is 28.2 Å². The van der Waals surface area contributed by atoms with Crippen LogP contribution in [-0.4, -0.2) is 70.7 Å². The Hall–Kier alpha value is -1.73. The van der Waals surface area contributed by atoms with Gasteiger partial charge < -0.3 is 28.5 Å². The number of aliphatic hydroxyl groups is 1. The predicted octanol–water partition coefficient (Wildman–Crippen LogP) is 3.89. The zero-order chi connectivity index (χ0) is 25.7. The van der Waals surface area contributed by atoms with Gasteiger partial charge in [0.15, 0.2) is 20.4 Å². The van der Waals surface area contributed by atoms with Crippen molar-refractivity contribution in [1.82, 2.24) is 0 Å². The number of ketones is 1. The highest BCUT2D eigenvalue weighted by Gasteiger charge is 2.52. The highest BCUT2D eigenvalue weighted by molar-refractivity contribution is 6.77. The van der Waals surface area contributed by atoms with Crippen LogP contribution < -0.4 is 0 Å². The maximum absolute atomic E-state index is 12.2. The van der Waals surface area contributed by atoms with E-state index in [0.29, 0.717) is 23.2 Å². The summed E-state index contributed by atoms with van der Waals surface area (Å²) < 4.78 is 29.2. The summed E-state index contributed by atoms with van der Waals surface area (Å²) in [7, 11) is 0.877. The number of Topliss-reactive ketones (excluding diaryl/α,β-unsaturated/α-hetero) is 1. The molecule has 0 fully saturated rings. The van der Waals surface area contributed by atoms with Crippen LogP contribution in [0.4, 0.5) is 0 Å². The molecule has 1 N–H and O–H groups in total. The van der Waals surface area contributed by atoms with Crippen LogP contribution in [0, 0.1) is 11.8 Å². The molecule has 2 aliphatic rings. The number of carbonyl (C=O) groups excluding carboxylic acids is 1. The van der Waals surface area contributed by atoms with Gasteiger partial charge in [-0.2, -0.15) is 0 Å². The third-order valence-corrected chi connectivity index (χ3v) is 12.8. The molecular formula is C26H40O7Si. The lowest BCUT2D eigenvalue weighted by molar-refractivity contribution is -0.173. The highest BCUT2D eigenvalue weighted by Crippen LogP contribution is 2.42. The van der Waals surface area contributed by atoms with Crippen molar-refractivity contribution in [2.45, 2.75) is 82.3 Å². The Morgan fingerprint density at radius 3 is 2.29 bits per heavy atom. The molecule has 0 amide bonds. The summed E-state index contributed by atoms with van der Waals surface area (Å²) in [6, 6.07) is 0. The van der Waals surface area contributed by atoms with E-state index in [1.807, 2.05) is 6.08 Å². The third kappa shape index (κ3) is 5.40. The van der Waals surface area contributed by atoms with Crippen molar-refractivity contribution in [3.8, 4) is 11.8 Å². The Bertz CT molecular complexity index is 842. The molecule has 1 aliphatic heterocycles. The van der Waals surface area contributed by atoms with Crippen molar-refractivity contribution in [2.24, 2.45) is 0 Å². The number of methoxy groups -OCH3 is 2. The molecule has 1 aliphatic carbocycles. The molecule has 0 spiro atoms. The lowest BCUT2D eigenvalue weighted by atomic mass is 9.78. The lowest BCUT2D eigenvalue weighted by Gasteiger charge is -2.43. The van der Waals surface area contributed by atoms with Gasteiger partial charge in [0.25, 0.3) is 0 Å². The van der Waals surface area contributed by atoms with Gasteiger partial charge in [0, 0.05) is 7.11 Å². The lowest BCUT2D eigenvalue weighted by Crippen LogP contribution is -2.51. The van der Waals surface area contributed by atoms with Gasteiger partial charge in [-0.3, -0.25) is 4.79 Å². The summed E-state index contributed by atoms with van der Waals surface area (Å²) in [5.41, 5.74) is -0.390. The molecule has 1 unspecified atom stereocenters. The van der Waals surface area contributed by atoms with E-state index in [1.54, 1.807) is 13.2 Å². The molecule has 0 saturated carbocycles. The fourth-order valence-corrected chi connectivity index (χ4v) is 10.6. The van der Waals surface area contributed by atoms with E-state index in [1.165, 1.54) is 13.2 Å². The second kappa shape index (κ2) is 11.8. The monoisotopic (exact) mass is 492 g/mol. The van der Waals surface area contributed by atoms with E-state index in [-0.39, 0.29) is 24.0 Å². The Morgan fingerprint density at radius 1 is 1.18 bits per heavy atom. The average molecular weight is 493 g/mol. The molecule has 0 aromatic heterocycles. The molecule has 0 aromatic carbocycles. The van der Waals surface area contributed by atoms with Crippen molar-refractivity contribution < 1.29 is 33.3 Å². The average Bonchev–Trinajstić information content (AvgIpc) is 2.79. The summed E-state index contributed by atoms with van der Waals surface area (Å²) in [5, 5.41) is 10.5. The van der Waals surface area contributed by atoms with Gasteiger partial charge in [-0.15, -0.1) is 0 Å². The first-order valence-electron chi connectivity index (χ1n) is 11.8. The minimum absolute atomic E-state index is 0.0103. The zero-order valence-corrected chi connectivity index (χ0v) is 22.7. The largest absolute Gasteiger partial charge is 0.496 e. The molecular weight excluding hydrogens is 452 g/mol. The number of ether oxygens (including phenoxy) is 4. The quantitative estimate of drug-likeness (QED) is 0.266. The molecule has 190 valence electrons. The SMILES string of the molecule is C=CC1=C(OC)C(O)(C#CCO[C@H]2C=C[C@@H](OC)O[C@@H]2CO[Si](C(C)C)(C(C)C)C(C)C)C1=O. The van der Waals surface area contributed by atoms with Gasteiger partial charge >= 0.3 is 0 Å². The van der Waals surface area contributed by atoms with E-state index in [9.17, 15) is 9.90 Å². The van der Waals surface area contributed by atoms with E-state index in [2.05, 4.69) is 60.0 Å². The van der Waals surface area contributed by atoms with Gasteiger partial charge in [0.05, 0.1) is 19.3 Å². The zero-order valence-electron chi connectivity index (χ0n) is 21.7. The molecule has 0 radical (unpaired) electrons. The predicted molar refractivity (Wildman–Crippen MR) is 134 cm³/mol. The number of hydrogen-bond acceptors (Lipinski definition) is 7. The van der Waals surface area contributed by atoms with Crippen LogP contribution in [0.25, 0.3) is 0 Å². The molecule has 4 atom stereocenters. The van der Waals surface area contributed by atoms with Crippen LogP contribution >= 0.6 is 0 Å². The van der Waals surface area contributed by atoms with Crippen molar-refractivity contribution >= 4 is 14.1 Å². The minimum atomic E-state index is -2.09. The summed E-state index contributed by atoms with van der Waals surface area (Å²) in [5.74, 6) is 4.89. The second-order valence-corrected chi connectivity index (χ2v) is 15.0. The van der Waals surface area contributed by atoms with E-state index in [4.69, 9.17) is 23.4 Å². The molecule has 0 aromatic rings. The van der Waals surface area contributed by atoms with E-state index in [0.717, 1.165) is 0 Å². The Kier molecular flexibility index (Phi) is 9.89. The summed E-state index contributed by atoms with van der Waals surface area (Å²) in [6.07, 6.45) is 3.76. The highest BCUT2D eigenvalue weighted by atomic mass is 28.4. The molecule has 34 heavy (non-hydrogen) atoms. The van der Waals surface area contributed by atoms with Crippen LogP contribution in [0.2, 0.25) is 16.6 Å². The maximum atomic E-state index is 12.2. The molecule has 7 nitrogen and oxygen atoms in total. The minimum Gasteiger partial charge on any atom is -0.496 e. The van der Waals surface area contributed by atoms with Gasteiger partial charge in [0.1, 0.15) is 18.8 Å². The number of rotatable bonds is 11. The van der Waals surface area contributed by atoms with Gasteiger partial charge in [0.2, 0.25) is 11.4 Å². The Labute approximate surface area is 205 Å². The van der Waals surface area contributed by atoms with Crippen molar-refractivity contribution in [3.05, 3.63) is 36.1 Å². The van der Waals surface area contributed by atoms with Crippen molar-refractivity contribution in [1.29, 1.82) is 0 Å². The number of hydrogen-bond donors (Lipinski definition) is 1. The van der Waals surface area contributed by atoms with Crippen LogP contribution in [0.5, 0.6) is 0 Å². The topological polar surface area (TPSA) is 83.5 Å². The first kappa shape index (κ1) is 28.5. The molecule has 0 bridgehead atoms. The maximum Gasteiger partial charge on any atom is 0.248 e. The summed E-state index contributed by atoms with van der Waals surface area (Å²) in [6.45, 7) is 17.4. The van der Waals surface area contributed by atoms with Gasteiger partial charge in [-0.25, -0.2) is 0 Å². The first-order chi connectivity index (χ1) is 16.0. The summed E-state index contributed by atoms with van der Waals surface area (Å²) in [4.78, 5) is 12.2. The Morgan fingerprint density at radius 2 is 1.79 bits per heavy atom. The smallest absolute Gasteiger partial charge is 0.248 e. The van der Waals surface area contributed by atoms with Crippen molar-refractivity contribution in [3.63, 3.8) is 0 Å². The second-order valence-electron chi connectivity index (χ2n) is 9.56. The van der Waals surface area contributed by atoms with Crippen LogP contribution in [0.3, 0.4) is 0 Å². The van der Waals surface area contributed by atoms with Crippen molar-refractivity contribution in [2.75, 3.05) is 27.4 Å².